The second-order valence-corrected chi connectivity index (χ2v) is 3.45. The fourth-order valence-corrected chi connectivity index (χ4v) is 1.62. The summed E-state index contributed by atoms with van der Waals surface area (Å²) in [5.41, 5.74) is 0.977. The van der Waals surface area contributed by atoms with Crippen LogP contribution >= 0.6 is 11.6 Å². The number of alkyl halides is 1. The fraction of sp³-hybridized carbons (Fsp3) is 0.300. The molecule has 1 aliphatic rings. The monoisotopic (exact) mass is 210 g/mol. The number of hydrogen-bond acceptors (Lipinski definition) is 2. The van der Waals surface area contributed by atoms with E-state index in [4.69, 9.17) is 21.7 Å². The van der Waals surface area contributed by atoms with Gasteiger partial charge >= 0.3 is 0 Å². The summed E-state index contributed by atoms with van der Waals surface area (Å²) < 4.78 is 5.25. The maximum absolute atomic E-state index is 7.62. The molecule has 14 heavy (non-hydrogen) atoms. The lowest BCUT2D eigenvalue weighted by atomic mass is 10.3. The van der Waals surface area contributed by atoms with Gasteiger partial charge in [0.2, 0.25) is 0 Å². The summed E-state index contributed by atoms with van der Waals surface area (Å²) in [7, 11) is 0. The third-order valence-electron chi connectivity index (χ3n) is 2.15. The van der Waals surface area contributed by atoms with Crippen LogP contribution < -0.4 is 4.90 Å². The molecule has 1 aromatic rings. The zero-order valence-corrected chi connectivity index (χ0v) is 8.37. The molecule has 74 valence electrons. The van der Waals surface area contributed by atoms with Crippen LogP contribution in [0.4, 0.5) is 5.69 Å². The van der Waals surface area contributed by atoms with Crippen LogP contribution in [0.1, 0.15) is 0 Å². The summed E-state index contributed by atoms with van der Waals surface area (Å²) in [6, 6.07) is 9.92. The smallest absolute Gasteiger partial charge is 0.289 e. The summed E-state index contributed by atoms with van der Waals surface area (Å²) in [5.74, 6) is 0.422. The van der Waals surface area contributed by atoms with Gasteiger partial charge in [-0.15, -0.1) is 11.6 Å². The molecule has 2 rings (SSSR count). The first-order valence-corrected chi connectivity index (χ1v) is 4.98. The van der Waals surface area contributed by atoms with Gasteiger partial charge in [-0.1, -0.05) is 18.2 Å². The van der Waals surface area contributed by atoms with E-state index in [1.807, 2.05) is 35.2 Å². The molecule has 3 nitrogen and oxygen atoms in total. The van der Waals surface area contributed by atoms with Gasteiger partial charge < -0.3 is 4.74 Å². The molecular weight excluding hydrogens is 200 g/mol. The van der Waals surface area contributed by atoms with E-state index < -0.39 is 0 Å². The lowest BCUT2D eigenvalue weighted by Crippen LogP contribution is -2.25. The van der Waals surface area contributed by atoms with E-state index in [-0.39, 0.29) is 12.1 Å². The second-order valence-electron chi connectivity index (χ2n) is 3.15. The molecular formula is C10H11ClN2O. The van der Waals surface area contributed by atoms with Gasteiger partial charge in [0.15, 0.2) is 0 Å². The Kier molecular flexibility index (Phi) is 2.59. The Hall–Kier alpha value is -1.22. The number of para-hydroxylation sites is 1. The van der Waals surface area contributed by atoms with Gasteiger partial charge in [0.1, 0.15) is 6.10 Å². The van der Waals surface area contributed by atoms with Gasteiger partial charge in [0.05, 0.1) is 12.4 Å². The van der Waals surface area contributed by atoms with Crippen molar-refractivity contribution < 1.29 is 4.74 Å². The third kappa shape index (κ3) is 1.68. The molecule has 1 unspecified atom stereocenters. The fourth-order valence-electron chi connectivity index (χ4n) is 1.46. The van der Waals surface area contributed by atoms with Crippen molar-refractivity contribution >= 4 is 23.3 Å². The van der Waals surface area contributed by atoms with Crippen LogP contribution in [-0.2, 0) is 4.74 Å². The van der Waals surface area contributed by atoms with Crippen molar-refractivity contribution in [3.8, 4) is 0 Å². The molecule has 4 heteroatoms. The van der Waals surface area contributed by atoms with Crippen LogP contribution in [0.2, 0.25) is 0 Å². The molecule has 0 aromatic heterocycles. The number of ether oxygens (including phenoxy) is 1. The summed E-state index contributed by atoms with van der Waals surface area (Å²) >= 11 is 5.68. The zero-order valence-electron chi connectivity index (χ0n) is 7.61. The average molecular weight is 211 g/mol. The van der Waals surface area contributed by atoms with Gasteiger partial charge in [-0.2, -0.15) is 0 Å². The molecule has 0 radical (unpaired) electrons. The Bertz CT molecular complexity index is 328. The summed E-state index contributed by atoms with van der Waals surface area (Å²) in [4.78, 5) is 1.81. The van der Waals surface area contributed by atoms with E-state index in [1.54, 1.807) is 0 Å². The van der Waals surface area contributed by atoms with Gasteiger partial charge in [-0.25, -0.2) is 0 Å². The van der Waals surface area contributed by atoms with E-state index in [0.717, 1.165) is 5.69 Å². The maximum Gasteiger partial charge on any atom is 0.289 e. The Morgan fingerprint density at radius 3 is 2.71 bits per heavy atom. The second kappa shape index (κ2) is 3.88. The van der Waals surface area contributed by atoms with Crippen molar-refractivity contribution in [2.24, 2.45) is 0 Å². The van der Waals surface area contributed by atoms with Crippen LogP contribution in [0.5, 0.6) is 0 Å². The standard InChI is InChI=1S/C10H11ClN2O/c11-6-9-7-13(10(12)14-9)8-4-2-1-3-5-8/h1-5,9,12H,6-7H2. The molecule has 0 bridgehead atoms. The minimum atomic E-state index is -0.0654. The number of hydrogen-bond donors (Lipinski definition) is 1. The molecule has 1 aliphatic heterocycles. The van der Waals surface area contributed by atoms with Crippen molar-refractivity contribution in [3.63, 3.8) is 0 Å². The van der Waals surface area contributed by atoms with Gasteiger partial charge in [0.25, 0.3) is 6.02 Å². The first kappa shape index (κ1) is 9.34. The Balaban J connectivity index is 2.17. The quantitative estimate of drug-likeness (QED) is 0.759. The van der Waals surface area contributed by atoms with E-state index in [9.17, 15) is 0 Å². The molecule has 1 saturated heterocycles. The van der Waals surface area contributed by atoms with E-state index in [1.165, 1.54) is 0 Å². The highest BCUT2D eigenvalue weighted by Crippen LogP contribution is 2.20. The van der Waals surface area contributed by atoms with Crippen LogP contribution in [0.3, 0.4) is 0 Å². The number of benzene rings is 1. The number of rotatable bonds is 2. The molecule has 0 amide bonds. The van der Waals surface area contributed by atoms with Crippen molar-refractivity contribution in [3.05, 3.63) is 30.3 Å². The van der Waals surface area contributed by atoms with Gasteiger partial charge in [-0.3, -0.25) is 10.3 Å². The van der Waals surface area contributed by atoms with E-state index >= 15 is 0 Å². The molecule has 1 aromatic carbocycles. The van der Waals surface area contributed by atoms with Crippen molar-refractivity contribution in [1.29, 1.82) is 5.41 Å². The normalized spacial score (nSPS) is 21.1. The van der Waals surface area contributed by atoms with Crippen LogP contribution in [-0.4, -0.2) is 24.6 Å². The van der Waals surface area contributed by atoms with E-state index in [2.05, 4.69) is 0 Å². The summed E-state index contributed by atoms with van der Waals surface area (Å²) in [6.45, 7) is 0.659. The number of nitrogens with one attached hydrogen (secondary N) is 1. The van der Waals surface area contributed by atoms with Crippen LogP contribution in [0, 0.1) is 5.41 Å². The van der Waals surface area contributed by atoms with Crippen molar-refractivity contribution in [1.82, 2.24) is 0 Å². The van der Waals surface area contributed by atoms with Gasteiger partial charge in [0, 0.05) is 5.69 Å². The molecule has 1 heterocycles. The van der Waals surface area contributed by atoms with Crippen molar-refractivity contribution in [2.45, 2.75) is 6.10 Å². The lowest BCUT2D eigenvalue weighted by molar-refractivity contribution is 0.253. The minimum Gasteiger partial charge on any atom is -0.459 e. The highest BCUT2D eigenvalue weighted by molar-refractivity contribution is 6.18. The molecule has 0 aliphatic carbocycles. The predicted octanol–water partition coefficient (Wildman–Crippen LogP) is 2.07. The molecule has 1 N–H and O–H groups in total. The van der Waals surface area contributed by atoms with Gasteiger partial charge in [-0.05, 0) is 12.1 Å². The Morgan fingerprint density at radius 1 is 1.43 bits per heavy atom. The molecule has 1 fully saturated rings. The third-order valence-corrected chi connectivity index (χ3v) is 2.49. The number of halogens is 1. The minimum absolute atomic E-state index is 0.0654. The predicted molar refractivity (Wildman–Crippen MR) is 57.1 cm³/mol. The number of amidine groups is 1. The van der Waals surface area contributed by atoms with Crippen LogP contribution in [0.15, 0.2) is 30.3 Å². The topological polar surface area (TPSA) is 36.3 Å². The average Bonchev–Trinajstić information content (AvgIpc) is 2.61. The zero-order chi connectivity index (χ0) is 9.97. The lowest BCUT2D eigenvalue weighted by Gasteiger charge is -2.13. The number of anilines is 1. The van der Waals surface area contributed by atoms with E-state index in [0.29, 0.717) is 12.4 Å². The molecule has 0 spiro atoms. The SMILES string of the molecule is N=C1OC(CCl)CN1c1ccccc1. The highest BCUT2D eigenvalue weighted by atomic mass is 35.5. The summed E-state index contributed by atoms with van der Waals surface area (Å²) in [6.07, 6.45) is -0.0654. The summed E-state index contributed by atoms with van der Waals surface area (Å²) in [5, 5.41) is 7.62. The maximum atomic E-state index is 7.62. The first-order valence-electron chi connectivity index (χ1n) is 4.45. The largest absolute Gasteiger partial charge is 0.459 e. The Labute approximate surface area is 87.7 Å². The number of nitrogens with zero attached hydrogens (tertiary/aromatic N) is 1. The molecule has 1 atom stereocenters. The van der Waals surface area contributed by atoms with Crippen LogP contribution in [0.25, 0.3) is 0 Å². The first-order chi connectivity index (χ1) is 6.81. The Morgan fingerprint density at radius 2 is 2.14 bits per heavy atom. The highest BCUT2D eigenvalue weighted by Gasteiger charge is 2.28. The molecule has 0 saturated carbocycles. The van der Waals surface area contributed by atoms with Crippen molar-refractivity contribution in [2.75, 3.05) is 17.3 Å².